The minimum absolute atomic E-state index is 0.109. The molecule has 2 aromatic rings. The van der Waals surface area contributed by atoms with Crippen LogP contribution in [0, 0.1) is 0 Å². The molecule has 9 heteroatoms. The number of benzene rings is 1. The third kappa shape index (κ3) is 5.48. The lowest BCUT2D eigenvalue weighted by molar-refractivity contribution is -0.140. The predicted octanol–water partition coefficient (Wildman–Crippen LogP) is 2.76. The number of nitrogens with zero attached hydrogens (tertiary/aromatic N) is 1. The van der Waals surface area contributed by atoms with Crippen molar-refractivity contribution in [2.75, 3.05) is 32.8 Å². The molecule has 1 aliphatic heterocycles. The number of carbonyl (C=O) groups excluding carboxylic acids is 2. The van der Waals surface area contributed by atoms with Crippen molar-refractivity contribution in [3.05, 3.63) is 58.0 Å². The fraction of sp³-hybridized carbons (Fsp3) is 0.368. The third-order valence-electron chi connectivity index (χ3n) is 4.25. The Labute approximate surface area is 172 Å². The van der Waals surface area contributed by atoms with Crippen molar-refractivity contribution < 1.29 is 23.5 Å². The zero-order valence-electron chi connectivity index (χ0n) is 15.0. The van der Waals surface area contributed by atoms with E-state index in [-0.39, 0.29) is 30.9 Å². The number of rotatable bonds is 7. The van der Waals surface area contributed by atoms with Crippen LogP contribution in [0.2, 0.25) is 10.0 Å². The van der Waals surface area contributed by atoms with Gasteiger partial charge in [0.2, 0.25) is 5.91 Å². The quantitative estimate of drug-likeness (QED) is 0.735. The Hall–Kier alpha value is -2.06. The Morgan fingerprint density at radius 3 is 2.71 bits per heavy atom. The molecule has 1 fully saturated rings. The second-order valence-electron chi connectivity index (χ2n) is 6.21. The van der Waals surface area contributed by atoms with Crippen molar-refractivity contribution in [2.24, 2.45) is 0 Å². The van der Waals surface area contributed by atoms with Gasteiger partial charge in [-0.05, 0) is 24.3 Å². The number of halogens is 2. The van der Waals surface area contributed by atoms with Crippen LogP contribution in [-0.2, 0) is 20.9 Å². The molecule has 1 aromatic carbocycles. The van der Waals surface area contributed by atoms with Crippen LogP contribution in [0.1, 0.15) is 16.1 Å². The van der Waals surface area contributed by atoms with Gasteiger partial charge >= 0.3 is 0 Å². The van der Waals surface area contributed by atoms with Crippen LogP contribution in [0.3, 0.4) is 0 Å². The number of morpholine rings is 1. The summed E-state index contributed by atoms with van der Waals surface area (Å²) in [5, 5.41) is 3.63. The Kier molecular flexibility index (Phi) is 7.33. The first kappa shape index (κ1) is 20.7. The van der Waals surface area contributed by atoms with Crippen LogP contribution in [0.15, 0.2) is 41.0 Å². The molecule has 2 heterocycles. The fourth-order valence-electron chi connectivity index (χ4n) is 2.77. The first-order valence-electron chi connectivity index (χ1n) is 8.76. The van der Waals surface area contributed by atoms with Gasteiger partial charge < -0.3 is 24.1 Å². The molecule has 1 unspecified atom stereocenters. The van der Waals surface area contributed by atoms with Gasteiger partial charge in [0.1, 0.15) is 0 Å². The Balaban J connectivity index is 1.43. The molecular formula is C19H20Cl2N2O5. The van der Waals surface area contributed by atoms with E-state index >= 15 is 0 Å². The molecule has 7 nitrogen and oxygen atoms in total. The lowest BCUT2D eigenvalue weighted by atomic mass is 10.2. The van der Waals surface area contributed by atoms with Crippen LogP contribution >= 0.6 is 23.2 Å². The molecule has 1 N–H and O–H groups in total. The maximum absolute atomic E-state index is 12.4. The summed E-state index contributed by atoms with van der Waals surface area (Å²) in [5.41, 5.74) is 0.718. The summed E-state index contributed by atoms with van der Waals surface area (Å²) < 4.78 is 16.3. The van der Waals surface area contributed by atoms with E-state index in [2.05, 4.69) is 5.32 Å². The minimum atomic E-state index is -0.428. The van der Waals surface area contributed by atoms with Gasteiger partial charge in [-0.25, -0.2) is 0 Å². The van der Waals surface area contributed by atoms with Crippen LogP contribution < -0.4 is 5.32 Å². The highest BCUT2D eigenvalue weighted by Gasteiger charge is 2.25. The van der Waals surface area contributed by atoms with Gasteiger partial charge in [-0.3, -0.25) is 9.59 Å². The molecule has 0 aliphatic carbocycles. The van der Waals surface area contributed by atoms with Gasteiger partial charge in [-0.1, -0.05) is 29.3 Å². The minimum Gasteiger partial charge on any atom is -0.459 e. The van der Waals surface area contributed by atoms with Crippen LogP contribution in [0.4, 0.5) is 0 Å². The third-order valence-corrected chi connectivity index (χ3v) is 4.96. The summed E-state index contributed by atoms with van der Waals surface area (Å²) >= 11 is 12.2. The van der Waals surface area contributed by atoms with Crippen molar-refractivity contribution in [1.29, 1.82) is 0 Å². The second kappa shape index (κ2) is 9.93. The zero-order chi connectivity index (χ0) is 19.9. The normalized spacial score (nSPS) is 16.8. The molecule has 3 rings (SSSR count). The van der Waals surface area contributed by atoms with Crippen molar-refractivity contribution in [3.8, 4) is 0 Å². The average molecular weight is 427 g/mol. The largest absolute Gasteiger partial charge is 0.459 e. The summed E-state index contributed by atoms with van der Waals surface area (Å²) in [6.45, 7) is 1.69. The first-order chi connectivity index (χ1) is 13.5. The van der Waals surface area contributed by atoms with Gasteiger partial charge in [0, 0.05) is 28.7 Å². The molecule has 28 heavy (non-hydrogen) atoms. The monoisotopic (exact) mass is 426 g/mol. The number of hydrogen-bond donors (Lipinski definition) is 1. The molecule has 0 bridgehead atoms. The van der Waals surface area contributed by atoms with E-state index in [4.69, 9.17) is 37.1 Å². The van der Waals surface area contributed by atoms with Gasteiger partial charge in [-0.2, -0.15) is 0 Å². The van der Waals surface area contributed by atoms with Crippen molar-refractivity contribution in [3.63, 3.8) is 0 Å². The summed E-state index contributed by atoms with van der Waals surface area (Å²) in [5.74, 6) is -0.454. The summed E-state index contributed by atoms with van der Waals surface area (Å²) in [4.78, 5) is 25.8. The van der Waals surface area contributed by atoms with Crippen molar-refractivity contribution >= 4 is 35.0 Å². The Morgan fingerprint density at radius 2 is 2.00 bits per heavy atom. The van der Waals surface area contributed by atoms with Crippen LogP contribution in [0.5, 0.6) is 0 Å². The molecule has 1 aliphatic rings. The van der Waals surface area contributed by atoms with Crippen molar-refractivity contribution in [2.45, 2.75) is 12.7 Å². The van der Waals surface area contributed by atoms with E-state index in [0.29, 0.717) is 36.3 Å². The summed E-state index contributed by atoms with van der Waals surface area (Å²) in [6, 6.07) is 8.42. The lowest BCUT2D eigenvalue weighted by Gasteiger charge is -2.33. The van der Waals surface area contributed by atoms with Gasteiger partial charge in [0.25, 0.3) is 5.91 Å². The molecule has 1 aromatic heterocycles. The van der Waals surface area contributed by atoms with E-state index in [1.165, 1.54) is 12.3 Å². The average Bonchev–Trinajstić information content (AvgIpc) is 3.23. The predicted molar refractivity (Wildman–Crippen MR) is 103 cm³/mol. The molecule has 150 valence electrons. The number of nitrogens with one attached hydrogen (secondary N) is 1. The smallest absolute Gasteiger partial charge is 0.287 e. The number of ether oxygens (including phenoxy) is 2. The SMILES string of the molecule is O=C(NCC(=O)N1CCOC(COCc2c(Cl)cccc2Cl)C1)c1ccco1. The molecule has 2 amide bonds. The maximum atomic E-state index is 12.4. The number of hydrogen-bond acceptors (Lipinski definition) is 5. The van der Waals surface area contributed by atoms with E-state index in [1.807, 2.05) is 0 Å². The molecule has 0 saturated carbocycles. The van der Waals surface area contributed by atoms with Gasteiger partial charge in [-0.15, -0.1) is 0 Å². The number of furan rings is 1. The Bertz CT molecular complexity index is 792. The first-order valence-corrected chi connectivity index (χ1v) is 9.52. The lowest BCUT2D eigenvalue weighted by Crippen LogP contribution is -2.50. The standard InChI is InChI=1S/C19H20Cl2N2O5/c20-15-3-1-4-16(21)14(15)12-26-11-13-10-23(6-8-27-13)18(24)9-22-19(25)17-5-2-7-28-17/h1-5,7,13H,6,8-12H2,(H,22,25). The van der Waals surface area contributed by atoms with Crippen LogP contribution in [-0.4, -0.2) is 55.7 Å². The fourth-order valence-corrected chi connectivity index (χ4v) is 3.28. The van der Waals surface area contributed by atoms with E-state index in [9.17, 15) is 9.59 Å². The van der Waals surface area contributed by atoms with E-state index in [1.54, 1.807) is 29.2 Å². The van der Waals surface area contributed by atoms with Crippen molar-refractivity contribution in [1.82, 2.24) is 10.2 Å². The molecule has 0 radical (unpaired) electrons. The highest BCUT2D eigenvalue weighted by atomic mass is 35.5. The Morgan fingerprint density at radius 1 is 1.21 bits per heavy atom. The molecule has 0 spiro atoms. The maximum Gasteiger partial charge on any atom is 0.287 e. The van der Waals surface area contributed by atoms with Gasteiger partial charge in [0.15, 0.2) is 5.76 Å². The highest BCUT2D eigenvalue weighted by molar-refractivity contribution is 6.35. The summed E-state index contributed by atoms with van der Waals surface area (Å²) in [7, 11) is 0. The van der Waals surface area contributed by atoms with Gasteiger partial charge in [0.05, 0.1) is 38.7 Å². The molecule has 1 saturated heterocycles. The van der Waals surface area contributed by atoms with E-state index in [0.717, 1.165) is 5.56 Å². The number of carbonyl (C=O) groups is 2. The molecule has 1 atom stereocenters. The second-order valence-corrected chi connectivity index (χ2v) is 7.02. The van der Waals surface area contributed by atoms with E-state index < -0.39 is 5.91 Å². The van der Waals surface area contributed by atoms with Crippen LogP contribution in [0.25, 0.3) is 0 Å². The number of amides is 2. The molecular weight excluding hydrogens is 407 g/mol. The topological polar surface area (TPSA) is 81.0 Å². The summed E-state index contributed by atoms with van der Waals surface area (Å²) in [6.07, 6.45) is 1.14. The highest BCUT2D eigenvalue weighted by Crippen LogP contribution is 2.25. The zero-order valence-corrected chi connectivity index (χ0v) is 16.5.